The molecule has 7 heteroatoms. The summed E-state index contributed by atoms with van der Waals surface area (Å²) in [4.78, 5) is 0. The Balaban J connectivity index is 1.15. The van der Waals surface area contributed by atoms with E-state index in [1.807, 2.05) is 22.7 Å². The second-order valence-electron chi connectivity index (χ2n) is 16.4. The molecule has 8 aromatic carbocycles. The molecule has 0 saturated heterocycles. The third kappa shape index (κ3) is 2.73. The summed E-state index contributed by atoms with van der Waals surface area (Å²) in [6.07, 6.45) is 0. The van der Waals surface area contributed by atoms with Gasteiger partial charge in [0, 0.05) is 74.0 Å². The molecule has 264 valence electrons. The first-order valence-corrected chi connectivity index (χ1v) is 21.5. The molecule has 17 rings (SSSR count). The van der Waals surface area contributed by atoms with Crippen molar-refractivity contribution in [1.29, 1.82) is 0 Å². The number of para-hydroxylation sites is 4. The van der Waals surface area contributed by atoms with E-state index in [1.54, 1.807) is 0 Å². The standard InChI is InChI=1S/C51H24N4OS2/c1-7-15-41-25(9-1)31-21-29-27-17-19-39-47-45(27)49-52(37(29)23-43(31)57-41)33-11-3-5-13-35(33)54(49)51(47)48-40(56-39)20-18-28-30-22-32-26-10-2-8-16-42(26)58-44(32)24-38(30)53-34-12-4-6-14-36(34)55(51)50(53)46(28)48/h1-24H/q+2. The van der Waals surface area contributed by atoms with Crippen molar-refractivity contribution in [3.05, 3.63) is 157 Å². The quantitative estimate of drug-likeness (QED) is 0.111. The normalized spacial score (nSPS) is 14.8. The van der Waals surface area contributed by atoms with E-state index in [9.17, 15) is 0 Å². The highest BCUT2D eigenvalue weighted by Gasteiger charge is 2.67. The number of pyridine rings is 2. The summed E-state index contributed by atoms with van der Waals surface area (Å²) in [7, 11) is 0. The first-order chi connectivity index (χ1) is 28.8. The topological polar surface area (TPSA) is 25.8 Å². The van der Waals surface area contributed by atoms with Crippen LogP contribution >= 0.6 is 22.7 Å². The molecular weight excluding hydrogens is 749 g/mol. The highest BCUT2D eigenvalue weighted by atomic mass is 32.1. The largest absolute Gasteiger partial charge is 0.456 e. The van der Waals surface area contributed by atoms with E-state index in [4.69, 9.17) is 4.74 Å². The maximum atomic E-state index is 7.18. The number of rotatable bonds is 0. The van der Waals surface area contributed by atoms with Gasteiger partial charge in [0.15, 0.2) is 22.1 Å². The number of thiophene rings is 2. The summed E-state index contributed by atoms with van der Waals surface area (Å²) in [5.74, 6) is 1.85. The Morgan fingerprint density at radius 2 is 0.862 bits per heavy atom. The predicted molar refractivity (Wildman–Crippen MR) is 238 cm³/mol. The van der Waals surface area contributed by atoms with Crippen LogP contribution in [-0.4, -0.2) is 8.80 Å². The van der Waals surface area contributed by atoms with Gasteiger partial charge < -0.3 is 4.74 Å². The molecule has 0 atom stereocenters. The van der Waals surface area contributed by atoms with Crippen molar-refractivity contribution in [3.63, 3.8) is 0 Å². The van der Waals surface area contributed by atoms with Gasteiger partial charge >= 0.3 is 17.0 Å². The first kappa shape index (κ1) is 28.4. The van der Waals surface area contributed by atoms with Crippen molar-refractivity contribution >= 4 is 140 Å². The van der Waals surface area contributed by atoms with Gasteiger partial charge in [0.25, 0.3) is 0 Å². The van der Waals surface area contributed by atoms with Crippen LogP contribution in [-0.2, 0) is 5.66 Å². The van der Waals surface area contributed by atoms with Crippen LogP contribution < -0.4 is 13.9 Å². The minimum Gasteiger partial charge on any atom is -0.456 e. The van der Waals surface area contributed by atoms with Crippen molar-refractivity contribution in [3.8, 4) is 11.5 Å². The molecule has 6 aromatic heterocycles. The van der Waals surface area contributed by atoms with E-state index in [2.05, 4.69) is 164 Å². The Morgan fingerprint density at radius 1 is 0.397 bits per heavy atom. The fraction of sp³-hybridized carbons (Fsp3) is 0.0196. The Labute approximate surface area is 334 Å². The summed E-state index contributed by atoms with van der Waals surface area (Å²) in [6.45, 7) is 0. The van der Waals surface area contributed by atoms with Crippen molar-refractivity contribution < 1.29 is 13.9 Å². The van der Waals surface area contributed by atoms with Gasteiger partial charge in [-0.1, -0.05) is 60.7 Å². The van der Waals surface area contributed by atoms with Crippen LogP contribution in [0, 0.1) is 0 Å². The van der Waals surface area contributed by atoms with Crippen LogP contribution in [0.25, 0.3) is 117 Å². The van der Waals surface area contributed by atoms with Crippen LogP contribution in [0.3, 0.4) is 0 Å². The lowest BCUT2D eigenvalue weighted by molar-refractivity contribution is -0.923. The summed E-state index contributed by atoms with van der Waals surface area (Å²) in [6, 6.07) is 54.8. The molecule has 0 bridgehead atoms. The SMILES string of the molecule is c1ccc2c(c1)sc1cc3c(cc12)c1ccc2c4c1c1n3c3ccccc3[n+]1C41c3c(ccc4c5cc6c(cc5n5c7ccccc7[n+]1c5c34)sc1ccccc16)O2. The van der Waals surface area contributed by atoms with Gasteiger partial charge in [-0.05, 0) is 72.8 Å². The summed E-state index contributed by atoms with van der Waals surface area (Å²) < 4.78 is 23.0. The number of benzene rings is 8. The molecule has 58 heavy (non-hydrogen) atoms. The average Bonchev–Trinajstić information content (AvgIpc) is 4.10. The van der Waals surface area contributed by atoms with E-state index < -0.39 is 5.66 Å². The van der Waals surface area contributed by atoms with Crippen molar-refractivity contribution in [2.45, 2.75) is 5.66 Å². The lowest BCUT2D eigenvalue weighted by atomic mass is 9.84. The minimum atomic E-state index is -0.738. The molecule has 0 N–H and O–H groups in total. The Kier molecular flexibility index (Phi) is 4.35. The lowest BCUT2D eigenvalue weighted by Crippen LogP contribution is -2.71. The number of nitrogens with zero attached hydrogens (tertiary/aromatic N) is 4. The van der Waals surface area contributed by atoms with Crippen LogP contribution in [0.15, 0.2) is 146 Å². The molecule has 1 spiro atoms. The number of ether oxygens (including phenoxy) is 1. The molecule has 0 radical (unpaired) electrons. The maximum absolute atomic E-state index is 7.18. The second kappa shape index (κ2) is 8.90. The summed E-state index contributed by atoms with van der Waals surface area (Å²) in [5, 5.41) is 12.9. The zero-order valence-corrected chi connectivity index (χ0v) is 32.0. The van der Waals surface area contributed by atoms with E-state index in [0.29, 0.717) is 0 Å². The fourth-order valence-electron chi connectivity index (χ4n) is 12.0. The summed E-state index contributed by atoms with van der Waals surface area (Å²) in [5.41, 5.74) is 11.5. The van der Waals surface area contributed by atoms with Crippen molar-refractivity contribution in [1.82, 2.24) is 8.80 Å². The molecule has 3 aliphatic heterocycles. The second-order valence-corrected chi connectivity index (χ2v) is 18.6. The zero-order chi connectivity index (χ0) is 36.9. The van der Waals surface area contributed by atoms with Crippen molar-refractivity contribution in [2.75, 3.05) is 0 Å². The van der Waals surface area contributed by atoms with E-state index >= 15 is 0 Å². The fourth-order valence-corrected chi connectivity index (χ4v) is 14.2. The van der Waals surface area contributed by atoms with Crippen LogP contribution in [0.2, 0.25) is 0 Å². The number of hydrogen-bond acceptors (Lipinski definition) is 3. The van der Waals surface area contributed by atoms with Crippen LogP contribution in [0.4, 0.5) is 0 Å². The number of hydrogen-bond donors (Lipinski definition) is 0. The third-order valence-electron chi connectivity index (χ3n) is 14.0. The monoisotopic (exact) mass is 772 g/mol. The van der Waals surface area contributed by atoms with Gasteiger partial charge in [0.05, 0.1) is 10.8 Å². The average molecular weight is 773 g/mol. The molecular formula is C51H24N4OS2+2. The number of aromatic nitrogens is 4. The zero-order valence-electron chi connectivity index (χ0n) is 30.4. The molecule has 5 nitrogen and oxygen atoms in total. The highest BCUT2D eigenvalue weighted by molar-refractivity contribution is 7.26. The molecule has 0 amide bonds. The Hall–Kier alpha value is -7.06. The van der Waals surface area contributed by atoms with Gasteiger partial charge in [-0.15, -0.1) is 22.7 Å². The molecule has 14 aromatic rings. The molecule has 0 unspecified atom stereocenters. The van der Waals surface area contributed by atoms with Crippen LogP contribution in [0.1, 0.15) is 11.1 Å². The van der Waals surface area contributed by atoms with E-state index in [-0.39, 0.29) is 0 Å². The highest BCUT2D eigenvalue weighted by Crippen LogP contribution is 2.59. The third-order valence-corrected chi connectivity index (χ3v) is 16.2. The van der Waals surface area contributed by atoms with Gasteiger partial charge in [0.1, 0.15) is 33.7 Å². The first-order valence-electron chi connectivity index (χ1n) is 19.8. The number of imidazole rings is 2. The number of fused-ring (bicyclic) bond motifs is 18. The van der Waals surface area contributed by atoms with Crippen LogP contribution in [0.5, 0.6) is 11.5 Å². The van der Waals surface area contributed by atoms with Gasteiger partial charge in [-0.25, -0.2) is 0 Å². The van der Waals surface area contributed by atoms with Crippen molar-refractivity contribution in [2.24, 2.45) is 0 Å². The van der Waals surface area contributed by atoms with E-state index in [0.717, 1.165) is 11.5 Å². The summed E-state index contributed by atoms with van der Waals surface area (Å²) >= 11 is 3.78. The van der Waals surface area contributed by atoms with Gasteiger partial charge in [0.2, 0.25) is 0 Å². The minimum absolute atomic E-state index is 0.738. The molecule has 3 aliphatic rings. The Morgan fingerprint density at radius 3 is 1.38 bits per heavy atom. The predicted octanol–water partition coefficient (Wildman–Crippen LogP) is 12.5. The Bertz CT molecular complexity index is 4150. The molecule has 0 fully saturated rings. The van der Waals surface area contributed by atoms with Gasteiger partial charge in [-0.3, -0.25) is 0 Å². The van der Waals surface area contributed by atoms with Gasteiger partial charge in [-0.2, -0.15) is 17.9 Å². The molecule has 0 saturated carbocycles. The smallest absolute Gasteiger partial charge is 0.316 e. The molecule has 0 aliphatic carbocycles. The van der Waals surface area contributed by atoms with E-state index in [1.165, 1.54) is 128 Å². The maximum Gasteiger partial charge on any atom is 0.316 e. The lowest BCUT2D eigenvalue weighted by Gasteiger charge is -2.31. The molecule has 9 heterocycles.